The summed E-state index contributed by atoms with van der Waals surface area (Å²) in [6.45, 7) is 2.51. The van der Waals surface area contributed by atoms with Crippen molar-refractivity contribution in [3.05, 3.63) is 22.4 Å². The van der Waals surface area contributed by atoms with Crippen molar-refractivity contribution in [1.29, 1.82) is 0 Å². The molecule has 4 nitrogen and oxygen atoms in total. The molecule has 0 spiro atoms. The molecule has 1 saturated heterocycles. The quantitative estimate of drug-likeness (QED) is 0.926. The number of hydrogen-bond acceptors (Lipinski definition) is 3. The van der Waals surface area contributed by atoms with Gasteiger partial charge in [-0.25, -0.2) is 0 Å². The van der Waals surface area contributed by atoms with Crippen LogP contribution in [0.3, 0.4) is 0 Å². The van der Waals surface area contributed by atoms with Gasteiger partial charge in [-0.2, -0.15) is 11.3 Å². The lowest BCUT2D eigenvalue weighted by atomic mass is 9.87. The van der Waals surface area contributed by atoms with Crippen molar-refractivity contribution in [3.8, 4) is 0 Å². The third kappa shape index (κ3) is 2.09. The van der Waals surface area contributed by atoms with Gasteiger partial charge in [0.25, 0.3) is 0 Å². The summed E-state index contributed by atoms with van der Waals surface area (Å²) in [5.74, 6) is 0.852. The van der Waals surface area contributed by atoms with Crippen LogP contribution in [0, 0.1) is 11.8 Å². The molecule has 2 atom stereocenters. The average molecular weight is 304 g/mol. The Morgan fingerprint density at radius 2 is 2.10 bits per heavy atom. The van der Waals surface area contributed by atoms with E-state index in [4.69, 9.17) is 0 Å². The van der Waals surface area contributed by atoms with Gasteiger partial charge in [0.15, 0.2) is 0 Å². The standard InChI is InChI=1S/C16H20N2O2S/c1-16(12-4-5-12)15(20)17-13(11-2-3-11)14(19)18(16)8-10-6-7-21-9-10/h6-7,9,11-13H,2-5,8H2,1H3,(H,17,20). The second kappa shape index (κ2) is 4.57. The molecular formula is C16H20N2O2S. The average Bonchev–Trinajstić information content (AvgIpc) is 3.38. The smallest absolute Gasteiger partial charge is 0.246 e. The highest BCUT2D eigenvalue weighted by atomic mass is 32.1. The summed E-state index contributed by atoms with van der Waals surface area (Å²) in [4.78, 5) is 27.5. The van der Waals surface area contributed by atoms with Crippen molar-refractivity contribution in [3.63, 3.8) is 0 Å². The summed E-state index contributed by atoms with van der Waals surface area (Å²) < 4.78 is 0. The molecule has 2 heterocycles. The highest BCUT2D eigenvalue weighted by Crippen LogP contribution is 2.47. The maximum atomic E-state index is 12.9. The van der Waals surface area contributed by atoms with Crippen LogP contribution in [0.5, 0.6) is 0 Å². The number of carbonyl (C=O) groups is 2. The molecule has 2 aliphatic carbocycles. The lowest BCUT2D eigenvalue weighted by Gasteiger charge is -2.46. The van der Waals surface area contributed by atoms with Crippen molar-refractivity contribution in [2.75, 3.05) is 0 Å². The zero-order chi connectivity index (χ0) is 14.6. The summed E-state index contributed by atoms with van der Waals surface area (Å²) in [5.41, 5.74) is 0.467. The third-order valence-corrected chi connectivity index (χ3v) is 5.96. The maximum Gasteiger partial charge on any atom is 0.246 e. The number of nitrogens with one attached hydrogen (secondary N) is 1. The van der Waals surface area contributed by atoms with E-state index in [2.05, 4.69) is 10.7 Å². The van der Waals surface area contributed by atoms with E-state index in [0.29, 0.717) is 18.4 Å². The molecule has 2 saturated carbocycles. The Kier molecular flexibility index (Phi) is 2.89. The Hall–Kier alpha value is -1.36. The number of piperazine rings is 1. The predicted octanol–water partition coefficient (Wildman–Crippen LogP) is 2.15. The van der Waals surface area contributed by atoms with Crippen LogP contribution in [-0.2, 0) is 16.1 Å². The Labute approximate surface area is 128 Å². The van der Waals surface area contributed by atoms with Crippen molar-refractivity contribution >= 4 is 23.2 Å². The molecule has 3 aliphatic rings. The summed E-state index contributed by atoms with van der Waals surface area (Å²) in [6.07, 6.45) is 4.21. The fourth-order valence-corrected chi connectivity index (χ4v) is 4.14. The second-order valence-corrected chi connectivity index (χ2v) is 7.55. The highest BCUT2D eigenvalue weighted by Gasteiger charge is 2.58. The van der Waals surface area contributed by atoms with Gasteiger partial charge in [-0.1, -0.05) is 0 Å². The highest BCUT2D eigenvalue weighted by molar-refractivity contribution is 7.07. The summed E-state index contributed by atoms with van der Waals surface area (Å²) in [7, 11) is 0. The molecule has 1 aliphatic heterocycles. The lowest BCUT2D eigenvalue weighted by Crippen LogP contribution is -2.70. The van der Waals surface area contributed by atoms with Crippen LogP contribution in [0.2, 0.25) is 0 Å². The SMILES string of the molecule is CC1(C2CC2)C(=O)NC(C2CC2)C(=O)N1Cc1ccsc1. The number of nitrogens with zero attached hydrogens (tertiary/aromatic N) is 1. The molecule has 3 fully saturated rings. The first-order valence-corrected chi connectivity index (χ1v) is 8.68. The van der Waals surface area contributed by atoms with Gasteiger partial charge < -0.3 is 10.2 Å². The van der Waals surface area contributed by atoms with E-state index in [1.54, 1.807) is 11.3 Å². The van der Waals surface area contributed by atoms with Gasteiger partial charge >= 0.3 is 0 Å². The minimum atomic E-state index is -0.662. The van der Waals surface area contributed by atoms with E-state index in [9.17, 15) is 9.59 Å². The van der Waals surface area contributed by atoms with Crippen LogP contribution in [0.15, 0.2) is 16.8 Å². The van der Waals surface area contributed by atoms with E-state index in [1.165, 1.54) is 0 Å². The summed E-state index contributed by atoms with van der Waals surface area (Å²) >= 11 is 1.64. The van der Waals surface area contributed by atoms with Gasteiger partial charge in [0.2, 0.25) is 11.8 Å². The van der Waals surface area contributed by atoms with Gasteiger partial charge in [-0.15, -0.1) is 0 Å². The van der Waals surface area contributed by atoms with E-state index in [-0.39, 0.29) is 17.9 Å². The molecule has 4 rings (SSSR count). The van der Waals surface area contributed by atoms with Crippen molar-refractivity contribution < 1.29 is 9.59 Å². The third-order valence-electron chi connectivity index (χ3n) is 5.23. The predicted molar refractivity (Wildman–Crippen MR) is 80.7 cm³/mol. The van der Waals surface area contributed by atoms with Gasteiger partial charge in [-0.05, 0) is 66.8 Å². The molecule has 2 unspecified atom stereocenters. The second-order valence-electron chi connectivity index (χ2n) is 6.77. The molecule has 0 radical (unpaired) electrons. The molecule has 112 valence electrons. The van der Waals surface area contributed by atoms with E-state index < -0.39 is 5.54 Å². The molecule has 1 aromatic rings. The molecule has 21 heavy (non-hydrogen) atoms. The molecule has 1 N–H and O–H groups in total. The Bertz CT molecular complexity index is 577. The lowest BCUT2D eigenvalue weighted by molar-refractivity contribution is -0.159. The molecule has 2 amide bonds. The normalized spacial score (nSPS) is 33.2. The molecular weight excluding hydrogens is 284 g/mol. The summed E-state index contributed by atoms with van der Waals surface area (Å²) in [5, 5.41) is 7.12. The Morgan fingerprint density at radius 3 is 2.67 bits per heavy atom. The van der Waals surface area contributed by atoms with E-state index in [1.807, 2.05) is 23.3 Å². The number of carbonyl (C=O) groups excluding carboxylic acids is 2. The first kappa shape index (κ1) is 13.3. The number of thiophene rings is 1. The van der Waals surface area contributed by atoms with Gasteiger partial charge in [0, 0.05) is 6.54 Å². The number of amides is 2. The zero-order valence-corrected chi connectivity index (χ0v) is 13.0. The zero-order valence-electron chi connectivity index (χ0n) is 12.2. The van der Waals surface area contributed by atoms with Crippen LogP contribution in [0.4, 0.5) is 0 Å². The largest absolute Gasteiger partial charge is 0.342 e. The molecule has 0 aromatic carbocycles. The minimum Gasteiger partial charge on any atom is -0.342 e. The van der Waals surface area contributed by atoms with Crippen LogP contribution in [0.25, 0.3) is 0 Å². The molecule has 0 bridgehead atoms. The Balaban J connectivity index is 1.67. The minimum absolute atomic E-state index is 0.0525. The maximum absolute atomic E-state index is 12.9. The fourth-order valence-electron chi connectivity index (χ4n) is 3.48. The van der Waals surface area contributed by atoms with Crippen LogP contribution < -0.4 is 5.32 Å². The van der Waals surface area contributed by atoms with Crippen LogP contribution in [0.1, 0.15) is 38.2 Å². The number of rotatable bonds is 4. The van der Waals surface area contributed by atoms with Crippen molar-refractivity contribution in [1.82, 2.24) is 10.2 Å². The van der Waals surface area contributed by atoms with E-state index >= 15 is 0 Å². The molecule has 1 aromatic heterocycles. The van der Waals surface area contributed by atoms with Crippen molar-refractivity contribution in [2.45, 2.75) is 50.7 Å². The first-order valence-electron chi connectivity index (χ1n) is 7.74. The topological polar surface area (TPSA) is 49.4 Å². The van der Waals surface area contributed by atoms with E-state index in [0.717, 1.165) is 31.2 Å². The van der Waals surface area contributed by atoms with Crippen molar-refractivity contribution in [2.24, 2.45) is 11.8 Å². The van der Waals surface area contributed by atoms with Gasteiger partial charge in [0.1, 0.15) is 11.6 Å². The van der Waals surface area contributed by atoms with Gasteiger partial charge in [0.05, 0.1) is 0 Å². The van der Waals surface area contributed by atoms with Crippen LogP contribution >= 0.6 is 11.3 Å². The summed E-state index contributed by atoms with van der Waals surface area (Å²) in [6, 6.07) is 1.76. The van der Waals surface area contributed by atoms with Crippen LogP contribution in [-0.4, -0.2) is 28.3 Å². The Morgan fingerprint density at radius 1 is 1.33 bits per heavy atom. The van der Waals surface area contributed by atoms with Gasteiger partial charge in [-0.3, -0.25) is 9.59 Å². The fraction of sp³-hybridized carbons (Fsp3) is 0.625. The monoisotopic (exact) mass is 304 g/mol. The first-order chi connectivity index (χ1) is 10.1. The number of hydrogen-bond donors (Lipinski definition) is 1. The molecule has 5 heteroatoms.